The largest absolute Gasteiger partial charge is 0.360 e. The maximum absolute atomic E-state index is 6.14. The SMILES string of the molecule is CC(C)(N)Cc1c[nH]c2c(C=Cn3ccnc3)cccc12. The molecular formula is C17H20N4. The van der Waals surface area contributed by atoms with Crippen molar-refractivity contribution < 1.29 is 0 Å². The molecule has 4 nitrogen and oxygen atoms in total. The van der Waals surface area contributed by atoms with E-state index in [-0.39, 0.29) is 5.54 Å². The Morgan fingerprint density at radius 2 is 2.24 bits per heavy atom. The zero-order chi connectivity index (χ0) is 14.9. The number of nitrogens with zero attached hydrogens (tertiary/aromatic N) is 2. The summed E-state index contributed by atoms with van der Waals surface area (Å²) in [6, 6.07) is 6.32. The number of aromatic amines is 1. The zero-order valence-electron chi connectivity index (χ0n) is 12.4. The Balaban J connectivity index is 1.98. The van der Waals surface area contributed by atoms with Gasteiger partial charge in [0.05, 0.1) is 11.8 Å². The highest BCUT2D eigenvalue weighted by Gasteiger charge is 2.15. The Morgan fingerprint density at radius 1 is 1.38 bits per heavy atom. The summed E-state index contributed by atoms with van der Waals surface area (Å²) in [4.78, 5) is 7.41. The average molecular weight is 280 g/mol. The number of hydrogen-bond donors (Lipinski definition) is 2. The molecule has 0 radical (unpaired) electrons. The molecular weight excluding hydrogens is 260 g/mol. The van der Waals surface area contributed by atoms with Crippen LogP contribution in [0.1, 0.15) is 25.0 Å². The number of rotatable bonds is 4. The molecule has 0 spiro atoms. The second-order valence-corrected chi connectivity index (χ2v) is 6.07. The minimum absolute atomic E-state index is 0.211. The Hall–Kier alpha value is -2.33. The van der Waals surface area contributed by atoms with E-state index < -0.39 is 0 Å². The first-order valence-electron chi connectivity index (χ1n) is 7.06. The molecule has 3 rings (SSSR count). The van der Waals surface area contributed by atoms with Gasteiger partial charge in [-0.05, 0) is 37.5 Å². The van der Waals surface area contributed by atoms with Crippen LogP contribution >= 0.6 is 0 Å². The van der Waals surface area contributed by atoms with Crippen molar-refractivity contribution in [1.82, 2.24) is 14.5 Å². The molecule has 0 aliphatic rings. The highest BCUT2D eigenvalue weighted by molar-refractivity contribution is 5.91. The van der Waals surface area contributed by atoms with Gasteiger partial charge in [-0.25, -0.2) is 4.98 Å². The zero-order valence-corrected chi connectivity index (χ0v) is 12.4. The molecule has 0 amide bonds. The van der Waals surface area contributed by atoms with Gasteiger partial charge in [-0.3, -0.25) is 0 Å². The van der Waals surface area contributed by atoms with Gasteiger partial charge in [0.15, 0.2) is 0 Å². The van der Waals surface area contributed by atoms with Gasteiger partial charge >= 0.3 is 0 Å². The monoisotopic (exact) mass is 280 g/mol. The highest BCUT2D eigenvalue weighted by Crippen LogP contribution is 2.25. The van der Waals surface area contributed by atoms with E-state index in [1.54, 1.807) is 12.5 Å². The third-order valence-electron chi connectivity index (χ3n) is 3.43. The van der Waals surface area contributed by atoms with Gasteiger partial charge in [0, 0.05) is 35.7 Å². The molecule has 108 valence electrons. The molecule has 0 fully saturated rings. The van der Waals surface area contributed by atoms with Gasteiger partial charge in [0.1, 0.15) is 0 Å². The Kier molecular flexibility index (Phi) is 3.39. The van der Waals surface area contributed by atoms with Crippen molar-refractivity contribution in [2.24, 2.45) is 5.73 Å². The van der Waals surface area contributed by atoms with Crippen LogP contribution in [0.2, 0.25) is 0 Å². The first kappa shape index (κ1) is 13.6. The average Bonchev–Trinajstić information content (AvgIpc) is 3.05. The van der Waals surface area contributed by atoms with Crippen LogP contribution in [-0.4, -0.2) is 20.1 Å². The number of nitrogens with two attached hydrogens (primary N) is 1. The van der Waals surface area contributed by atoms with Gasteiger partial charge in [-0.1, -0.05) is 18.2 Å². The van der Waals surface area contributed by atoms with Crippen molar-refractivity contribution in [3.05, 3.63) is 54.2 Å². The second-order valence-electron chi connectivity index (χ2n) is 6.07. The van der Waals surface area contributed by atoms with Crippen molar-refractivity contribution in [2.75, 3.05) is 0 Å². The van der Waals surface area contributed by atoms with Crippen molar-refractivity contribution >= 4 is 23.2 Å². The minimum atomic E-state index is -0.211. The quantitative estimate of drug-likeness (QED) is 0.770. The Morgan fingerprint density at radius 3 is 2.95 bits per heavy atom. The van der Waals surface area contributed by atoms with Crippen LogP contribution in [0.15, 0.2) is 43.1 Å². The third-order valence-corrected chi connectivity index (χ3v) is 3.43. The molecule has 0 bridgehead atoms. The van der Waals surface area contributed by atoms with E-state index in [4.69, 9.17) is 5.73 Å². The lowest BCUT2D eigenvalue weighted by molar-refractivity contribution is 0.518. The van der Waals surface area contributed by atoms with Crippen LogP contribution in [0.25, 0.3) is 23.2 Å². The summed E-state index contributed by atoms with van der Waals surface area (Å²) < 4.78 is 1.92. The van der Waals surface area contributed by atoms with Gasteiger partial charge in [0.25, 0.3) is 0 Å². The molecule has 4 heteroatoms. The fourth-order valence-electron chi connectivity index (χ4n) is 2.54. The fraction of sp³-hybridized carbons (Fsp3) is 0.235. The maximum atomic E-state index is 6.14. The predicted octanol–water partition coefficient (Wildman–Crippen LogP) is 3.27. The molecule has 0 aliphatic heterocycles. The summed E-state index contributed by atoms with van der Waals surface area (Å²) in [5.41, 5.74) is 9.49. The van der Waals surface area contributed by atoms with Crippen molar-refractivity contribution in [3.8, 4) is 0 Å². The van der Waals surface area contributed by atoms with Crippen LogP contribution in [0, 0.1) is 0 Å². The number of H-pyrrole nitrogens is 1. The number of fused-ring (bicyclic) bond motifs is 1. The summed E-state index contributed by atoms with van der Waals surface area (Å²) in [6.45, 7) is 4.10. The molecule has 0 aliphatic carbocycles. The lowest BCUT2D eigenvalue weighted by Crippen LogP contribution is -2.34. The standard InChI is InChI=1S/C17H20N4/c1-17(2,18)10-14-11-20-16-13(4-3-5-15(14)16)6-8-21-9-7-19-12-21/h3-9,11-12,20H,10,18H2,1-2H3. The van der Waals surface area contributed by atoms with E-state index in [1.165, 1.54) is 10.9 Å². The number of para-hydroxylation sites is 1. The van der Waals surface area contributed by atoms with E-state index in [0.29, 0.717) is 0 Å². The number of benzene rings is 1. The van der Waals surface area contributed by atoms with E-state index in [2.05, 4.69) is 54.3 Å². The molecule has 1 aromatic carbocycles. The van der Waals surface area contributed by atoms with E-state index in [0.717, 1.165) is 17.5 Å². The van der Waals surface area contributed by atoms with Crippen molar-refractivity contribution in [3.63, 3.8) is 0 Å². The predicted molar refractivity (Wildman–Crippen MR) is 87.7 cm³/mol. The topological polar surface area (TPSA) is 59.6 Å². The van der Waals surface area contributed by atoms with Gasteiger partial charge < -0.3 is 15.3 Å². The van der Waals surface area contributed by atoms with Crippen LogP contribution in [-0.2, 0) is 6.42 Å². The molecule has 2 heterocycles. The maximum Gasteiger partial charge on any atom is 0.0986 e. The number of hydrogen-bond acceptors (Lipinski definition) is 2. The third kappa shape index (κ3) is 3.06. The first-order chi connectivity index (χ1) is 10.0. The molecule has 3 aromatic rings. The van der Waals surface area contributed by atoms with Crippen molar-refractivity contribution in [2.45, 2.75) is 25.8 Å². The van der Waals surface area contributed by atoms with E-state index >= 15 is 0 Å². The van der Waals surface area contributed by atoms with Gasteiger partial charge in [-0.15, -0.1) is 0 Å². The summed E-state index contributed by atoms with van der Waals surface area (Å²) in [6.07, 6.45) is 12.4. The van der Waals surface area contributed by atoms with Crippen LogP contribution < -0.4 is 5.73 Å². The Labute approximate surface area is 124 Å². The van der Waals surface area contributed by atoms with Crippen LogP contribution in [0.4, 0.5) is 0 Å². The summed E-state index contributed by atoms with van der Waals surface area (Å²) in [7, 11) is 0. The smallest absolute Gasteiger partial charge is 0.0986 e. The summed E-state index contributed by atoms with van der Waals surface area (Å²) in [5, 5.41) is 1.24. The minimum Gasteiger partial charge on any atom is -0.360 e. The number of aromatic nitrogens is 3. The first-order valence-corrected chi connectivity index (χ1v) is 7.06. The van der Waals surface area contributed by atoms with Crippen LogP contribution in [0.5, 0.6) is 0 Å². The molecule has 0 saturated carbocycles. The fourth-order valence-corrected chi connectivity index (χ4v) is 2.54. The molecule has 0 unspecified atom stereocenters. The highest BCUT2D eigenvalue weighted by atomic mass is 15.0. The van der Waals surface area contributed by atoms with Gasteiger partial charge in [0.2, 0.25) is 0 Å². The molecule has 21 heavy (non-hydrogen) atoms. The van der Waals surface area contributed by atoms with Crippen LogP contribution in [0.3, 0.4) is 0 Å². The number of imidazole rings is 1. The summed E-state index contributed by atoms with van der Waals surface area (Å²) >= 11 is 0. The molecule has 0 atom stereocenters. The van der Waals surface area contributed by atoms with E-state index in [1.807, 2.05) is 17.0 Å². The lowest BCUT2D eigenvalue weighted by Gasteiger charge is -2.17. The summed E-state index contributed by atoms with van der Waals surface area (Å²) in [5.74, 6) is 0. The van der Waals surface area contributed by atoms with Crippen molar-refractivity contribution in [1.29, 1.82) is 0 Å². The molecule has 3 N–H and O–H groups in total. The Bertz CT molecular complexity index is 758. The number of nitrogens with one attached hydrogen (secondary N) is 1. The van der Waals surface area contributed by atoms with Gasteiger partial charge in [-0.2, -0.15) is 0 Å². The molecule has 2 aromatic heterocycles. The normalized spacial score (nSPS) is 12.5. The second kappa shape index (κ2) is 5.22. The molecule has 0 saturated heterocycles. The van der Waals surface area contributed by atoms with E-state index in [9.17, 15) is 0 Å². The lowest BCUT2D eigenvalue weighted by atomic mass is 9.95.